The summed E-state index contributed by atoms with van der Waals surface area (Å²) in [5.41, 5.74) is 4.98. The number of alkyl halides is 2. The first-order valence-corrected chi connectivity index (χ1v) is 4.10. The molecule has 0 aromatic carbocycles. The topological polar surface area (TPSA) is 56.0 Å². The van der Waals surface area contributed by atoms with Gasteiger partial charge in [0.15, 0.2) is 6.29 Å². The van der Waals surface area contributed by atoms with Gasteiger partial charge < -0.3 is 5.73 Å². The average Bonchev–Trinajstić information content (AvgIpc) is 2.15. The molecule has 1 aromatic rings. The molecule has 0 saturated heterocycles. The fourth-order valence-electron chi connectivity index (χ4n) is 1.05. The first-order valence-electron chi connectivity index (χ1n) is 3.72. The number of hydrogen-bond donors (Lipinski definition) is 1. The molecule has 1 heterocycles. The van der Waals surface area contributed by atoms with E-state index in [-0.39, 0.29) is 23.0 Å². The van der Waals surface area contributed by atoms with E-state index in [1.807, 2.05) is 0 Å². The fourth-order valence-corrected chi connectivity index (χ4v) is 1.36. The van der Waals surface area contributed by atoms with Crippen molar-refractivity contribution in [3.05, 3.63) is 28.0 Å². The Bertz CT molecular complexity index is 357. The van der Waals surface area contributed by atoms with Crippen LogP contribution in [0.4, 0.5) is 8.78 Å². The predicted molar refractivity (Wildman–Crippen MR) is 47.5 cm³/mol. The molecular formula is C8H7ClF2N2O. The number of nitrogens with zero attached hydrogens (tertiary/aromatic N) is 1. The van der Waals surface area contributed by atoms with E-state index >= 15 is 0 Å². The molecule has 1 aromatic heterocycles. The molecule has 6 heteroatoms. The van der Waals surface area contributed by atoms with E-state index in [2.05, 4.69) is 4.98 Å². The van der Waals surface area contributed by atoms with Gasteiger partial charge in [-0.2, -0.15) is 0 Å². The lowest BCUT2D eigenvalue weighted by Gasteiger charge is -2.08. The highest BCUT2D eigenvalue weighted by molar-refractivity contribution is 6.30. The van der Waals surface area contributed by atoms with Crippen LogP contribution in [0.3, 0.4) is 0 Å². The smallest absolute Gasteiger partial charge is 0.267 e. The molecule has 3 nitrogen and oxygen atoms in total. The molecule has 0 amide bonds. The van der Waals surface area contributed by atoms with E-state index in [4.69, 9.17) is 17.3 Å². The van der Waals surface area contributed by atoms with E-state index in [0.717, 1.165) is 0 Å². The largest absolute Gasteiger partial charge is 0.326 e. The van der Waals surface area contributed by atoms with Crippen LogP contribution in [0.25, 0.3) is 0 Å². The standard InChI is InChI=1S/C8H7ClF2N2O/c9-7-6(8(10)11)4(2-12)1-5(3-14)13-7/h1,3,8H,2,12H2. The summed E-state index contributed by atoms with van der Waals surface area (Å²) in [6.45, 7) is -0.108. The molecule has 0 atom stereocenters. The maximum Gasteiger partial charge on any atom is 0.267 e. The Kier molecular flexibility index (Phi) is 3.49. The van der Waals surface area contributed by atoms with E-state index in [0.29, 0.717) is 6.29 Å². The lowest BCUT2D eigenvalue weighted by Crippen LogP contribution is -2.06. The van der Waals surface area contributed by atoms with Crippen molar-refractivity contribution in [2.24, 2.45) is 5.73 Å². The maximum atomic E-state index is 12.4. The number of rotatable bonds is 3. The van der Waals surface area contributed by atoms with Crippen molar-refractivity contribution in [2.75, 3.05) is 0 Å². The number of aromatic nitrogens is 1. The molecule has 0 aliphatic carbocycles. The summed E-state index contributed by atoms with van der Waals surface area (Å²) in [6, 6.07) is 1.21. The van der Waals surface area contributed by atoms with Crippen LogP contribution < -0.4 is 5.73 Å². The molecule has 0 aliphatic rings. The summed E-state index contributed by atoms with van der Waals surface area (Å²) in [5, 5.41) is -0.370. The summed E-state index contributed by atoms with van der Waals surface area (Å²) in [7, 11) is 0. The molecule has 1 rings (SSSR count). The van der Waals surface area contributed by atoms with Gasteiger partial charge in [-0.15, -0.1) is 0 Å². The van der Waals surface area contributed by atoms with Crippen molar-refractivity contribution in [2.45, 2.75) is 13.0 Å². The number of carbonyl (C=O) groups is 1. The quantitative estimate of drug-likeness (QED) is 0.626. The molecule has 0 unspecified atom stereocenters. The van der Waals surface area contributed by atoms with Gasteiger partial charge in [0.2, 0.25) is 0 Å². The van der Waals surface area contributed by atoms with E-state index in [1.165, 1.54) is 6.07 Å². The van der Waals surface area contributed by atoms with Crippen molar-refractivity contribution in [1.29, 1.82) is 0 Å². The van der Waals surface area contributed by atoms with E-state index in [1.54, 1.807) is 0 Å². The molecule has 0 fully saturated rings. The fraction of sp³-hybridized carbons (Fsp3) is 0.250. The predicted octanol–water partition coefficient (Wildman–Crippen LogP) is 1.94. The molecule has 0 aliphatic heterocycles. The summed E-state index contributed by atoms with van der Waals surface area (Å²) in [6.07, 6.45) is -2.31. The van der Waals surface area contributed by atoms with Gasteiger partial charge in [-0.3, -0.25) is 4.79 Å². The number of halogens is 3. The summed E-state index contributed by atoms with van der Waals surface area (Å²) < 4.78 is 24.9. The van der Waals surface area contributed by atoms with Crippen LogP contribution in [-0.2, 0) is 6.54 Å². The van der Waals surface area contributed by atoms with Crippen LogP contribution in [0.5, 0.6) is 0 Å². The van der Waals surface area contributed by atoms with Gasteiger partial charge in [0.05, 0.1) is 5.56 Å². The highest BCUT2D eigenvalue weighted by Gasteiger charge is 2.18. The third-order valence-electron chi connectivity index (χ3n) is 1.68. The van der Waals surface area contributed by atoms with Gasteiger partial charge in [-0.25, -0.2) is 13.8 Å². The molecule has 14 heavy (non-hydrogen) atoms. The van der Waals surface area contributed by atoms with Gasteiger partial charge >= 0.3 is 0 Å². The van der Waals surface area contributed by atoms with Crippen molar-refractivity contribution in [3.8, 4) is 0 Å². The Hall–Kier alpha value is -1.07. The summed E-state index contributed by atoms with van der Waals surface area (Å²) >= 11 is 5.48. The van der Waals surface area contributed by atoms with Crippen molar-refractivity contribution >= 4 is 17.9 Å². The summed E-state index contributed by atoms with van der Waals surface area (Å²) in [4.78, 5) is 13.8. The van der Waals surface area contributed by atoms with Crippen LogP contribution in [0.15, 0.2) is 6.07 Å². The minimum Gasteiger partial charge on any atom is -0.326 e. The summed E-state index contributed by atoms with van der Waals surface area (Å²) in [5.74, 6) is 0. The monoisotopic (exact) mass is 220 g/mol. The molecule has 76 valence electrons. The second-order valence-electron chi connectivity index (χ2n) is 2.53. The molecule has 0 radical (unpaired) electrons. The minimum atomic E-state index is -2.74. The van der Waals surface area contributed by atoms with Gasteiger partial charge in [0, 0.05) is 6.54 Å². The zero-order valence-corrected chi connectivity index (χ0v) is 7.76. The van der Waals surface area contributed by atoms with Gasteiger partial charge in [0.25, 0.3) is 6.43 Å². The maximum absolute atomic E-state index is 12.4. The average molecular weight is 221 g/mol. The Balaban J connectivity index is 3.34. The normalized spacial score (nSPS) is 10.6. The molecular weight excluding hydrogens is 214 g/mol. The van der Waals surface area contributed by atoms with Crippen LogP contribution >= 0.6 is 11.6 Å². The van der Waals surface area contributed by atoms with E-state index < -0.39 is 12.0 Å². The number of carbonyl (C=O) groups excluding carboxylic acids is 1. The lowest BCUT2D eigenvalue weighted by atomic mass is 10.1. The SMILES string of the molecule is NCc1cc(C=O)nc(Cl)c1C(F)F. The third-order valence-corrected chi connectivity index (χ3v) is 1.96. The van der Waals surface area contributed by atoms with Crippen molar-refractivity contribution in [3.63, 3.8) is 0 Å². The van der Waals surface area contributed by atoms with Crippen molar-refractivity contribution in [1.82, 2.24) is 4.98 Å². The van der Waals surface area contributed by atoms with Crippen LogP contribution in [0, 0.1) is 0 Å². The first-order chi connectivity index (χ1) is 6.60. The van der Waals surface area contributed by atoms with Crippen LogP contribution in [0.2, 0.25) is 5.15 Å². The Morgan fingerprint density at radius 2 is 2.29 bits per heavy atom. The molecule has 0 spiro atoms. The Morgan fingerprint density at radius 3 is 2.71 bits per heavy atom. The first kappa shape index (κ1) is 11.0. The molecule has 0 bridgehead atoms. The number of aldehydes is 1. The zero-order valence-electron chi connectivity index (χ0n) is 7.01. The Morgan fingerprint density at radius 1 is 1.64 bits per heavy atom. The number of pyridine rings is 1. The number of nitrogens with two attached hydrogens (primary N) is 1. The van der Waals surface area contributed by atoms with E-state index in [9.17, 15) is 13.6 Å². The second kappa shape index (κ2) is 4.43. The second-order valence-corrected chi connectivity index (χ2v) is 2.89. The third kappa shape index (κ3) is 2.05. The van der Waals surface area contributed by atoms with Crippen LogP contribution in [-0.4, -0.2) is 11.3 Å². The van der Waals surface area contributed by atoms with Crippen LogP contribution in [0.1, 0.15) is 28.0 Å². The van der Waals surface area contributed by atoms with Crippen molar-refractivity contribution < 1.29 is 13.6 Å². The highest BCUT2D eigenvalue weighted by Crippen LogP contribution is 2.29. The number of hydrogen-bond acceptors (Lipinski definition) is 3. The lowest BCUT2D eigenvalue weighted by molar-refractivity contribution is 0.111. The zero-order chi connectivity index (χ0) is 10.7. The van der Waals surface area contributed by atoms with Gasteiger partial charge in [0.1, 0.15) is 10.8 Å². The minimum absolute atomic E-state index is 0.000139. The van der Waals surface area contributed by atoms with Gasteiger partial charge in [-0.1, -0.05) is 11.6 Å². The molecule has 2 N–H and O–H groups in total. The van der Waals surface area contributed by atoms with Gasteiger partial charge in [-0.05, 0) is 11.6 Å². The highest BCUT2D eigenvalue weighted by atomic mass is 35.5. The Labute approximate surface area is 83.9 Å². The molecule has 0 saturated carbocycles.